The minimum Gasteiger partial charge on any atom is -0.527 e. The Labute approximate surface area is 60.2 Å². The van der Waals surface area contributed by atoms with E-state index in [1.807, 2.05) is 0 Å². The second kappa shape index (κ2) is 4.15. The quantitative estimate of drug-likeness (QED) is 0.338. The predicted octanol–water partition coefficient (Wildman–Crippen LogP) is -3.27. The monoisotopic (exact) mass is 164 g/mol. The largest absolute Gasteiger partial charge is 0.527 e. The molecule has 0 rings (SSSR count). The summed E-state index contributed by atoms with van der Waals surface area (Å²) in [5.41, 5.74) is 0. The van der Waals surface area contributed by atoms with E-state index >= 15 is 0 Å². The summed E-state index contributed by atoms with van der Waals surface area (Å²) in [4.78, 5) is 20.1. The van der Waals surface area contributed by atoms with Gasteiger partial charge in [0.05, 0.1) is 0 Å². The molecule has 0 fully saturated rings. The van der Waals surface area contributed by atoms with E-state index in [0.717, 1.165) is 0 Å². The molecule has 5 nitrogen and oxygen atoms in total. The Morgan fingerprint density at radius 3 is 2.40 bits per heavy atom. The molecule has 0 bridgehead atoms. The molecule has 0 aliphatic heterocycles. The summed E-state index contributed by atoms with van der Waals surface area (Å²) in [6.45, 7) is 0. The van der Waals surface area contributed by atoms with Crippen LogP contribution in [0.4, 0.5) is 0 Å². The molecule has 0 amide bonds. The second-order valence-electron chi connectivity index (χ2n) is 1.59. The fourth-order valence-corrected chi connectivity index (χ4v) is 0.576. The standard InChI is InChI=1S/C4H8O5Si/c5-1-2(6)3(7)4(8)9-10/h1-3,6-7H,10H3. The number of aldehydes is 1. The van der Waals surface area contributed by atoms with Crippen molar-refractivity contribution in [1.29, 1.82) is 0 Å². The molecular weight excluding hydrogens is 156 g/mol. The van der Waals surface area contributed by atoms with Crippen molar-refractivity contribution in [3.05, 3.63) is 0 Å². The van der Waals surface area contributed by atoms with Crippen molar-refractivity contribution in [2.45, 2.75) is 12.2 Å². The van der Waals surface area contributed by atoms with E-state index in [0.29, 0.717) is 0 Å². The molecule has 0 aliphatic carbocycles. The molecule has 0 aromatic heterocycles. The molecule has 2 unspecified atom stereocenters. The predicted molar refractivity (Wildman–Crippen MR) is 34.1 cm³/mol. The maximum absolute atomic E-state index is 10.4. The van der Waals surface area contributed by atoms with Crippen molar-refractivity contribution in [2.24, 2.45) is 0 Å². The molecule has 0 spiro atoms. The molecule has 2 atom stereocenters. The van der Waals surface area contributed by atoms with Crippen LogP contribution in [0.25, 0.3) is 0 Å². The first-order chi connectivity index (χ1) is 4.63. The zero-order chi connectivity index (χ0) is 8.15. The summed E-state index contributed by atoms with van der Waals surface area (Å²) in [6, 6.07) is 0. The lowest BCUT2D eigenvalue weighted by Gasteiger charge is -2.09. The van der Waals surface area contributed by atoms with Crippen LogP contribution >= 0.6 is 0 Å². The smallest absolute Gasteiger partial charge is 0.324 e. The second-order valence-corrected chi connectivity index (χ2v) is 2.00. The highest BCUT2D eigenvalue weighted by atomic mass is 28.2. The van der Waals surface area contributed by atoms with Gasteiger partial charge < -0.3 is 19.4 Å². The van der Waals surface area contributed by atoms with E-state index in [4.69, 9.17) is 10.2 Å². The molecule has 6 heteroatoms. The van der Waals surface area contributed by atoms with Crippen LogP contribution in [0.5, 0.6) is 0 Å². The van der Waals surface area contributed by atoms with Crippen LogP contribution in [-0.4, -0.2) is 45.2 Å². The Kier molecular flexibility index (Phi) is 3.85. The van der Waals surface area contributed by atoms with Gasteiger partial charge in [-0.2, -0.15) is 0 Å². The number of aliphatic hydroxyl groups is 2. The maximum Gasteiger partial charge on any atom is 0.324 e. The van der Waals surface area contributed by atoms with Gasteiger partial charge in [0.1, 0.15) is 6.10 Å². The summed E-state index contributed by atoms with van der Waals surface area (Å²) in [7, 11) is 0.132. The van der Waals surface area contributed by atoms with Crippen LogP contribution in [0.15, 0.2) is 0 Å². The van der Waals surface area contributed by atoms with Crippen LogP contribution in [0, 0.1) is 0 Å². The minimum absolute atomic E-state index is 0.0726. The summed E-state index contributed by atoms with van der Waals surface area (Å²) in [6.07, 6.45) is -3.35. The van der Waals surface area contributed by atoms with E-state index in [9.17, 15) is 9.59 Å². The molecule has 0 aromatic carbocycles. The average molecular weight is 164 g/mol. The molecule has 58 valence electrons. The number of carbonyl (C=O) groups is 2. The van der Waals surface area contributed by atoms with Gasteiger partial charge in [0.25, 0.3) is 0 Å². The third kappa shape index (κ3) is 2.25. The highest BCUT2D eigenvalue weighted by molar-refractivity contribution is 6.06. The first-order valence-electron chi connectivity index (χ1n) is 2.52. The zero-order valence-corrected chi connectivity index (χ0v) is 7.35. The van der Waals surface area contributed by atoms with E-state index in [-0.39, 0.29) is 16.8 Å². The lowest BCUT2D eigenvalue weighted by Crippen LogP contribution is -2.35. The van der Waals surface area contributed by atoms with E-state index < -0.39 is 18.2 Å². The van der Waals surface area contributed by atoms with E-state index in [2.05, 4.69) is 4.43 Å². The van der Waals surface area contributed by atoms with Gasteiger partial charge in [-0.05, 0) is 0 Å². The lowest BCUT2D eigenvalue weighted by atomic mass is 10.2. The highest BCUT2D eigenvalue weighted by Crippen LogP contribution is 1.91. The summed E-state index contributed by atoms with van der Waals surface area (Å²) >= 11 is 0. The van der Waals surface area contributed by atoms with Gasteiger partial charge >= 0.3 is 5.97 Å². The summed E-state index contributed by atoms with van der Waals surface area (Å²) in [5, 5.41) is 17.2. The Morgan fingerprint density at radius 2 is 2.10 bits per heavy atom. The van der Waals surface area contributed by atoms with Gasteiger partial charge in [-0.1, -0.05) is 0 Å². The van der Waals surface area contributed by atoms with Crippen molar-refractivity contribution in [3.8, 4) is 0 Å². The first-order valence-corrected chi connectivity index (χ1v) is 3.34. The first kappa shape index (κ1) is 9.28. The Bertz CT molecular complexity index is 136. The highest BCUT2D eigenvalue weighted by Gasteiger charge is 2.23. The van der Waals surface area contributed by atoms with Crippen molar-refractivity contribution < 1.29 is 24.2 Å². The number of carbonyl (C=O) groups excluding carboxylic acids is 2. The number of aliphatic hydroxyl groups excluding tert-OH is 2. The maximum atomic E-state index is 10.4. The molecule has 2 N–H and O–H groups in total. The molecule has 0 radical (unpaired) electrons. The molecule has 0 aromatic rings. The fraction of sp³-hybridized carbons (Fsp3) is 0.500. The van der Waals surface area contributed by atoms with Crippen LogP contribution in [0.3, 0.4) is 0 Å². The molecule has 10 heavy (non-hydrogen) atoms. The van der Waals surface area contributed by atoms with Crippen LogP contribution in [0.1, 0.15) is 0 Å². The molecule has 0 saturated heterocycles. The summed E-state index contributed by atoms with van der Waals surface area (Å²) < 4.78 is 4.17. The van der Waals surface area contributed by atoms with Gasteiger partial charge in [-0.15, -0.1) is 0 Å². The van der Waals surface area contributed by atoms with Crippen molar-refractivity contribution in [3.63, 3.8) is 0 Å². The SMILES string of the molecule is O=CC(O)C(O)C(=O)O[SiH3]. The number of hydrogen-bond donors (Lipinski definition) is 2. The number of hydrogen-bond acceptors (Lipinski definition) is 5. The molecule has 0 saturated carbocycles. The Morgan fingerprint density at radius 1 is 1.60 bits per heavy atom. The number of rotatable bonds is 3. The Balaban J connectivity index is 3.93. The molecular formula is C4H8O5Si. The van der Waals surface area contributed by atoms with Gasteiger partial charge in [0, 0.05) is 0 Å². The minimum atomic E-state index is -1.74. The topological polar surface area (TPSA) is 83.8 Å². The Hall–Kier alpha value is -0.723. The lowest BCUT2D eigenvalue weighted by molar-refractivity contribution is -0.151. The molecule has 0 aliphatic rings. The molecule has 0 heterocycles. The van der Waals surface area contributed by atoms with Crippen LogP contribution in [-0.2, 0) is 14.0 Å². The normalized spacial score (nSPS) is 15.8. The van der Waals surface area contributed by atoms with Gasteiger partial charge in [-0.25, -0.2) is 0 Å². The zero-order valence-electron chi connectivity index (χ0n) is 5.35. The average Bonchev–Trinajstić information content (AvgIpc) is 2.00. The van der Waals surface area contributed by atoms with E-state index in [1.54, 1.807) is 0 Å². The van der Waals surface area contributed by atoms with Gasteiger partial charge in [0.2, 0.25) is 10.5 Å². The van der Waals surface area contributed by atoms with Crippen LogP contribution < -0.4 is 0 Å². The van der Waals surface area contributed by atoms with Crippen molar-refractivity contribution in [2.75, 3.05) is 0 Å². The van der Waals surface area contributed by atoms with Gasteiger partial charge in [-0.3, -0.25) is 4.79 Å². The summed E-state index contributed by atoms with van der Waals surface area (Å²) in [5.74, 6) is -0.966. The van der Waals surface area contributed by atoms with E-state index in [1.165, 1.54) is 0 Å². The third-order valence-corrected chi connectivity index (χ3v) is 1.31. The van der Waals surface area contributed by atoms with Crippen LogP contribution in [0.2, 0.25) is 0 Å². The van der Waals surface area contributed by atoms with Gasteiger partial charge in [0.15, 0.2) is 12.4 Å². The fourth-order valence-electron chi connectivity index (χ4n) is 0.335. The van der Waals surface area contributed by atoms with Crippen molar-refractivity contribution in [1.82, 2.24) is 0 Å². The third-order valence-electron chi connectivity index (χ3n) is 0.906. The van der Waals surface area contributed by atoms with Crippen molar-refractivity contribution >= 4 is 22.7 Å².